The Morgan fingerprint density at radius 2 is 1.90 bits per heavy atom. The zero-order valence-corrected chi connectivity index (χ0v) is 18.0. The number of halogens is 2. The molecule has 2 amide bonds. The fraction of sp³-hybridized carbons (Fsp3) is 0.238. The normalized spacial score (nSPS) is 11.3. The van der Waals surface area contributed by atoms with Crippen LogP contribution in [0.3, 0.4) is 0 Å². The summed E-state index contributed by atoms with van der Waals surface area (Å²) in [6.07, 6.45) is 1.52. The fourth-order valence-electron chi connectivity index (χ4n) is 2.82. The first kappa shape index (κ1) is 22.4. The van der Waals surface area contributed by atoms with Gasteiger partial charge in [-0.2, -0.15) is 5.10 Å². The highest BCUT2D eigenvalue weighted by Crippen LogP contribution is 2.38. The van der Waals surface area contributed by atoms with Crippen molar-refractivity contribution in [3.63, 3.8) is 0 Å². The number of hydrogen-bond donors (Lipinski definition) is 4. The summed E-state index contributed by atoms with van der Waals surface area (Å²) in [7, 11) is 1.74. The first-order valence-electron chi connectivity index (χ1n) is 9.37. The minimum atomic E-state index is -0.778. The molecule has 0 aliphatic carbocycles. The van der Waals surface area contributed by atoms with Crippen LogP contribution in [-0.2, 0) is 7.05 Å². The molecule has 0 atom stereocenters. The molecule has 164 valence electrons. The number of benzene rings is 2. The molecule has 2 aromatic carbocycles. The van der Waals surface area contributed by atoms with E-state index in [1.54, 1.807) is 29.9 Å². The van der Waals surface area contributed by atoms with Crippen LogP contribution in [0, 0.1) is 5.82 Å². The van der Waals surface area contributed by atoms with Crippen molar-refractivity contribution >= 4 is 29.0 Å². The number of nitrogens with one attached hydrogen (secondary N) is 2. The highest BCUT2D eigenvalue weighted by Gasteiger charge is 2.22. The van der Waals surface area contributed by atoms with Gasteiger partial charge in [-0.25, -0.2) is 9.18 Å². The monoisotopic (exact) mass is 447 g/mol. The second kappa shape index (κ2) is 8.83. The number of hydrogen-bond acceptors (Lipinski definition) is 5. The summed E-state index contributed by atoms with van der Waals surface area (Å²) in [5.74, 6) is -0.815. The van der Waals surface area contributed by atoms with Gasteiger partial charge in [-0.15, -0.1) is 0 Å². The van der Waals surface area contributed by atoms with Crippen molar-refractivity contribution in [3.05, 3.63) is 53.4 Å². The summed E-state index contributed by atoms with van der Waals surface area (Å²) in [5, 5.41) is 19.3. The van der Waals surface area contributed by atoms with Gasteiger partial charge in [0.2, 0.25) is 0 Å². The van der Waals surface area contributed by atoms with Gasteiger partial charge in [0, 0.05) is 36.6 Å². The highest BCUT2D eigenvalue weighted by atomic mass is 35.5. The lowest BCUT2D eigenvalue weighted by Crippen LogP contribution is -2.37. The smallest absolute Gasteiger partial charge is 0.323 e. The first-order valence-corrected chi connectivity index (χ1v) is 9.75. The molecule has 0 bridgehead atoms. The maximum absolute atomic E-state index is 13.2. The first-order chi connectivity index (χ1) is 14.6. The largest absolute Gasteiger partial charge is 0.505 e. The summed E-state index contributed by atoms with van der Waals surface area (Å²) in [6, 6.07) is 7.99. The molecule has 0 aliphatic heterocycles. The van der Waals surface area contributed by atoms with Crippen molar-refractivity contribution in [1.29, 1.82) is 0 Å². The Labute approximate surface area is 183 Å². The van der Waals surface area contributed by atoms with Crippen molar-refractivity contribution in [1.82, 2.24) is 9.78 Å². The third-order valence-corrected chi connectivity index (χ3v) is 4.75. The molecule has 0 spiro atoms. The number of nitrogens with zero attached hydrogens (tertiary/aromatic N) is 2. The molecular weight excluding hydrogens is 425 g/mol. The molecule has 1 heterocycles. The number of urea groups is 1. The van der Waals surface area contributed by atoms with Crippen LogP contribution in [0.2, 0.25) is 5.02 Å². The van der Waals surface area contributed by atoms with E-state index in [0.717, 1.165) is 12.1 Å². The number of anilines is 2. The Kier molecular flexibility index (Phi) is 6.37. The third kappa shape index (κ3) is 5.25. The number of nitrogens with two attached hydrogens (primary N) is 1. The average Bonchev–Trinajstić information content (AvgIpc) is 3.04. The Hall–Kier alpha value is -3.30. The number of aromatic hydroxyl groups is 1. The number of carbonyl (C=O) groups excluding carboxylic acids is 1. The molecule has 5 N–H and O–H groups in total. The number of phenolic OH excluding ortho intramolecular Hbond substituents is 1. The molecular formula is C21H23ClFN5O3. The maximum Gasteiger partial charge on any atom is 0.323 e. The number of phenols is 1. The van der Waals surface area contributed by atoms with Crippen LogP contribution in [0.25, 0.3) is 11.3 Å². The van der Waals surface area contributed by atoms with Crippen LogP contribution in [0.1, 0.15) is 13.8 Å². The molecule has 3 aromatic rings. The van der Waals surface area contributed by atoms with E-state index in [-0.39, 0.29) is 5.69 Å². The van der Waals surface area contributed by atoms with Gasteiger partial charge in [0.25, 0.3) is 0 Å². The van der Waals surface area contributed by atoms with Gasteiger partial charge in [-0.1, -0.05) is 11.6 Å². The van der Waals surface area contributed by atoms with E-state index < -0.39 is 23.2 Å². The number of ether oxygens (including phenoxy) is 1. The van der Waals surface area contributed by atoms with Crippen molar-refractivity contribution < 1.29 is 19.0 Å². The van der Waals surface area contributed by atoms with Crippen LogP contribution in [-0.4, -0.2) is 33.1 Å². The molecule has 0 saturated heterocycles. The number of amides is 2. The van der Waals surface area contributed by atoms with E-state index in [9.17, 15) is 14.3 Å². The Morgan fingerprint density at radius 1 is 1.26 bits per heavy atom. The average molecular weight is 448 g/mol. The summed E-state index contributed by atoms with van der Waals surface area (Å²) < 4.78 is 20.9. The van der Waals surface area contributed by atoms with Gasteiger partial charge in [0.05, 0.1) is 16.9 Å². The van der Waals surface area contributed by atoms with Gasteiger partial charge in [-0.3, -0.25) is 4.68 Å². The molecule has 31 heavy (non-hydrogen) atoms. The number of rotatable bonds is 6. The van der Waals surface area contributed by atoms with Gasteiger partial charge < -0.3 is 26.2 Å². The van der Waals surface area contributed by atoms with Crippen molar-refractivity contribution in [2.45, 2.75) is 19.4 Å². The lowest BCUT2D eigenvalue weighted by molar-refractivity contribution is 0.119. The summed E-state index contributed by atoms with van der Waals surface area (Å²) in [6.45, 7) is 4.01. The van der Waals surface area contributed by atoms with Gasteiger partial charge >= 0.3 is 6.03 Å². The molecule has 3 rings (SSSR count). The quantitative estimate of drug-likeness (QED) is 0.448. The van der Waals surface area contributed by atoms with Crippen molar-refractivity contribution in [3.8, 4) is 22.8 Å². The zero-order chi connectivity index (χ0) is 22.8. The molecule has 8 nitrogen and oxygen atoms in total. The molecule has 0 radical (unpaired) electrons. The van der Waals surface area contributed by atoms with E-state index in [0.29, 0.717) is 34.3 Å². The Bertz CT molecular complexity index is 1100. The van der Waals surface area contributed by atoms with Gasteiger partial charge in [-0.05, 0) is 44.2 Å². The lowest BCUT2D eigenvalue weighted by Gasteiger charge is -2.26. The molecule has 0 saturated carbocycles. The minimum Gasteiger partial charge on any atom is -0.505 e. The number of aromatic nitrogens is 2. The lowest BCUT2D eigenvalue weighted by atomic mass is 10.1. The van der Waals surface area contributed by atoms with Crippen LogP contribution >= 0.6 is 11.6 Å². The maximum atomic E-state index is 13.2. The molecule has 0 aliphatic rings. The Balaban J connectivity index is 1.90. The Morgan fingerprint density at radius 3 is 2.48 bits per heavy atom. The SMILES string of the molecule is Cn1ncc(Cl)c1-c1cc(NC(=O)Nc2ccc(F)c(O)c2)ccc1OC(C)(C)CN. The summed E-state index contributed by atoms with van der Waals surface area (Å²) >= 11 is 6.33. The number of aryl methyl sites for hydroxylation is 1. The molecule has 10 heteroatoms. The van der Waals surface area contributed by atoms with Crippen LogP contribution in [0.4, 0.5) is 20.6 Å². The highest BCUT2D eigenvalue weighted by molar-refractivity contribution is 6.33. The molecule has 0 unspecified atom stereocenters. The topological polar surface area (TPSA) is 114 Å². The summed E-state index contributed by atoms with van der Waals surface area (Å²) in [5.41, 5.74) is 7.08. The van der Waals surface area contributed by atoms with Gasteiger partial charge in [0.1, 0.15) is 11.4 Å². The number of carbonyl (C=O) groups is 1. The van der Waals surface area contributed by atoms with Crippen molar-refractivity contribution in [2.24, 2.45) is 12.8 Å². The van der Waals surface area contributed by atoms with Crippen LogP contribution in [0.5, 0.6) is 11.5 Å². The van der Waals surface area contributed by atoms with Crippen LogP contribution < -0.4 is 21.1 Å². The fourth-order valence-corrected chi connectivity index (χ4v) is 3.09. The zero-order valence-electron chi connectivity index (χ0n) is 17.2. The van der Waals surface area contributed by atoms with E-state index in [1.165, 1.54) is 12.3 Å². The standard InChI is InChI=1S/C21H23ClFN5O3/c1-21(2,11-24)31-18-7-5-12(8-14(18)19-15(22)10-25-28(19)3)26-20(30)27-13-4-6-16(23)17(29)9-13/h4-10,29H,11,24H2,1-3H3,(H2,26,27,30). The van der Waals surface area contributed by atoms with Gasteiger partial charge in [0.15, 0.2) is 11.6 Å². The van der Waals surface area contributed by atoms with Crippen LogP contribution in [0.15, 0.2) is 42.6 Å². The minimum absolute atomic E-state index is 0.232. The third-order valence-electron chi connectivity index (χ3n) is 4.47. The van der Waals surface area contributed by atoms with E-state index in [1.807, 2.05) is 13.8 Å². The molecule has 1 aromatic heterocycles. The molecule has 0 fully saturated rings. The predicted molar refractivity (Wildman–Crippen MR) is 118 cm³/mol. The second-order valence-corrected chi connectivity index (χ2v) is 7.89. The van der Waals surface area contributed by atoms with Crippen molar-refractivity contribution in [2.75, 3.05) is 17.2 Å². The van der Waals surface area contributed by atoms with E-state index in [2.05, 4.69) is 15.7 Å². The van der Waals surface area contributed by atoms with E-state index >= 15 is 0 Å². The predicted octanol–water partition coefficient (Wildman–Crippen LogP) is 4.35. The van der Waals surface area contributed by atoms with E-state index in [4.69, 9.17) is 22.1 Å². The second-order valence-electron chi connectivity index (χ2n) is 7.49. The summed E-state index contributed by atoms with van der Waals surface area (Å²) in [4.78, 5) is 12.4.